The number of hydrogen-bond donors (Lipinski definition) is 2. The molecule has 6 heteroatoms. The molecule has 1 aromatic heterocycles. The van der Waals surface area contributed by atoms with Crippen molar-refractivity contribution >= 4 is 22.8 Å². The second-order valence-corrected chi connectivity index (χ2v) is 6.70. The third-order valence-electron chi connectivity index (χ3n) is 4.74. The van der Waals surface area contributed by atoms with Crippen LogP contribution in [-0.4, -0.2) is 18.4 Å². The molecule has 3 rings (SSSR count). The van der Waals surface area contributed by atoms with Crippen LogP contribution in [-0.2, 0) is 22.4 Å². The Labute approximate surface area is 163 Å². The van der Waals surface area contributed by atoms with Crippen molar-refractivity contribution in [2.45, 2.75) is 33.6 Å². The van der Waals surface area contributed by atoms with E-state index in [1.807, 2.05) is 50.2 Å². The van der Waals surface area contributed by atoms with Crippen molar-refractivity contribution in [3.05, 3.63) is 64.9 Å². The number of hydrogen-bond acceptors (Lipinski definition) is 4. The molecule has 2 aromatic carbocycles. The summed E-state index contributed by atoms with van der Waals surface area (Å²) in [6.45, 7) is 5.89. The molecule has 0 bridgehead atoms. The number of ether oxygens (including phenoxy) is 1. The van der Waals surface area contributed by atoms with Crippen LogP contribution in [0.3, 0.4) is 0 Å². The normalized spacial score (nSPS) is 10.7. The van der Waals surface area contributed by atoms with Crippen molar-refractivity contribution in [3.8, 4) is 5.75 Å². The smallest absolute Gasteiger partial charge is 0.276 e. The average molecular weight is 380 g/mol. The van der Waals surface area contributed by atoms with Gasteiger partial charge in [0.2, 0.25) is 5.91 Å². The number of rotatable bonds is 6. The SMILES string of the molecule is CCc1ccc(OCC(=O)NNC(=O)Cc2coc3c(C)c(C)ccc23)cc1. The largest absolute Gasteiger partial charge is 0.484 e. The van der Waals surface area contributed by atoms with Gasteiger partial charge in [0.05, 0.1) is 12.7 Å². The van der Waals surface area contributed by atoms with E-state index in [4.69, 9.17) is 9.15 Å². The van der Waals surface area contributed by atoms with E-state index in [1.54, 1.807) is 6.26 Å². The van der Waals surface area contributed by atoms with Gasteiger partial charge in [0.1, 0.15) is 11.3 Å². The van der Waals surface area contributed by atoms with E-state index in [-0.39, 0.29) is 18.9 Å². The van der Waals surface area contributed by atoms with Crippen LogP contribution in [0.25, 0.3) is 11.0 Å². The van der Waals surface area contributed by atoms with Gasteiger partial charge in [-0.15, -0.1) is 0 Å². The third-order valence-corrected chi connectivity index (χ3v) is 4.74. The molecule has 0 aliphatic rings. The Morgan fingerprint density at radius 2 is 1.71 bits per heavy atom. The predicted molar refractivity (Wildman–Crippen MR) is 107 cm³/mol. The number of amides is 2. The number of furan rings is 1. The zero-order chi connectivity index (χ0) is 20.1. The molecule has 1 heterocycles. The van der Waals surface area contributed by atoms with Crippen LogP contribution in [0.4, 0.5) is 0 Å². The molecule has 2 N–H and O–H groups in total. The van der Waals surface area contributed by atoms with Crippen molar-refractivity contribution in [2.75, 3.05) is 6.61 Å². The fourth-order valence-electron chi connectivity index (χ4n) is 2.89. The zero-order valence-electron chi connectivity index (χ0n) is 16.3. The fourth-order valence-corrected chi connectivity index (χ4v) is 2.89. The van der Waals surface area contributed by atoms with Gasteiger partial charge in [-0.3, -0.25) is 20.4 Å². The maximum Gasteiger partial charge on any atom is 0.276 e. The lowest BCUT2D eigenvalue weighted by Gasteiger charge is -2.09. The molecular weight excluding hydrogens is 356 g/mol. The summed E-state index contributed by atoms with van der Waals surface area (Å²) in [5.74, 6) is -0.160. The minimum Gasteiger partial charge on any atom is -0.484 e. The lowest BCUT2D eigenvalue weighted by Crippen LogP contribution is -2.44. The molecule has 0 saturated heterocycles. The van der Waals surface area contributed by atoms with E-state index >= 15 is 0 Å². The number of nitrogens with one attached hydrogen (secondary N) is 2. The fraction of sp³-hybridized carbons (Fsp3) is 0.273. The van der Waals surface area contributed by atoms with Gasteiger partial charge < -0.3 is 9.15 Å². The summed E-state index contributed by atoms with van der Waals surface area (Å²) < 4.78 is 11.0. The van der Waals surface area contributed by atoms with Crippen LogP contribution in [0.15, 0.2) is 47.1 Å². The monoisotopic (exact) mass is 380 g/mol. The van der Waals surface area contributed by atoms with Crippen molar-refractivity contribution in [1.29, 1.82) is 0 Å². The van der Waals surface area contributed by atoms with Gasteiger partial charge in [0.15, 0.2) is 6.61 Å². The lowest BCUT2D eigenvalue weighted by atomic mass is 10.0. The molecule has 0 radical (unpaired) electrons. The highest BCUT2D eigenvalue weighted by Crippen LogP contribution is 2.26. The summed E-state index contributed by atoms with van der Waals surface area (Å²) >= 11 is 0. The summed E-state index contributed by atoms with van der Waals surface area (Å²) in [6, 6.07) is 11.5. The van der Waals surface area contributed by atoms with Crippen LogP contribution < -0.4 is 15.6 Å². The number of hydrazine groups is 1. The Morgan fingerprint density at radius 1 is 1.00 bits per heavy atom. The van der Waals surface area contributed by atoms with Gasteiger partial charge in [0.25, 0.3) is 5.91 Å². The van der Waals surface area contributed by atoms with Gasteiger partial charge in [0, 0.05) is 10.9 Å². The quantitative estimate of drug-likeness (QED) is 0.643. The first-order valence-corrected chi connectivity index (χ1v) is 9.23. The summed E-state index contributed by atoms with van der Waals surface area (Å²) in [5.41, 5.74) is 9.72. The van der Waals surface area contributed by atoms with Crippen LogP contribution in [0.2, 0.25) is 0 Å². The molecule has 0 atom stereocenters. The number of fused-ring (bicyclic) bond motifs is 1. The van der Waals surface area contributed by atoms with Gasteiger partial charge in [-0.25, -0.2) is 0 Å². The summed E-state index contributed by atoms with van der Waals surface area (Å²) in [6.07, 6.45) is 2.63. The van der Waals surface area contributed by atoms with E-state index in [1.165, 1.54) is 5.56 Å². The average Bonchev–Trinajstić information content (AvgIpc) is 3.11. The first kappa shape index (κ1) is 19.5. The van der Waals surface area contributed by atoms with E-state index in [0.717, 1.165) is 34.1 Å². The zero-order valence-corrected chi connectivity index (χ0v) is 16.3. The maximum absolute atomic E-state index is 12.1. The molecule has 0 fully saturated rings. The maximum atomic E-state index is 12.1. The molecule has 0 saturated carbocycles. The Hall–Kier alpha value is -3.28. The molecule has 0 spiro atoms. The Morgan fingerprint density at radius 3 is 2.43 bits per heavy atom. The molecular formula is C22H24N2O4. The molecule has 6 nitrogen and oxygen atoms in total. The van der Waals surface area contributed by atoms with Gasteiger partial charge >= 0.3 is 0 Å². The van der Waals surface area contributed by atoms with Crippen LogP contribution >= 0.6 is 0 Å². The highest BCUT2D eigenvalue weighted by Gasteiger charge is 2.13. The molecule has 146 valence electrons. The van der Waals surface area contributed by atoms with Crippen molar-refractivity contribution in [1.82, 2.24) is 10.9 Å². The Kier molecular flexibility index (Phi) is 5.99. The summed E-state index contributed by atoms with van der Waals surface area (Å²) in [4.78, 5) is 24.0. The van der Waals surface area contributed by atoms with E-state index < -0.39 is 5.91 Å². The number of carbonyl (C=O) groups is 2. The first-order valence-electron chi connectivity index (χ1n) is 9.23. The van der Waals surface area contributed by atoms with Crippen molar-refractivity contribution in [3.63, 3.8) is 0 Å². The molecule has 3 aromatic rings. The minimum absolute atomic E-state index is 0.106. The van der Waals surface area contributed by atoms with E-state index in [2.05, 4.69) is 17.8 Å². The molecule has 0 aliphatic carbocycles. The number of carbonyl (C=O) groups excluding carboxylic acids is 2. The predicted octanol–water partition coefficient (Wildman–Crippen LogP) is 3.38. The van der Waals surface area contributed by atoms with E-state index in [0.29, 0.717) is 5.75 Å². The standard InChI is InChI=1S/C22H24N2O4/c1-4-16-6-8-18(9-7-16)27-13-21(26)24-23-20(25)11-17-12-28-22-15(3)14(2)5-10-19(17)22/h5-10,12H,4,11,13H2,1-3H3,(H,23,25)(H,24,26). The molecule has 0 unspecified atom stereocenters. The second-order valence-electron chi connectivity index (χ2n) is 6.70. The summed E-state index contributed by atoms with van der Waals surface area (Å²) in [7, 11) is 0. The third kappa shape index (κ3) is 4.52. The topological polar surface area (TPSA) is 80.6 Å². The van der Waals surface area contributed by atoms with Crippen LogP contribution in [0.1, 0.15) is 29.2 Å². The van der Waals surface area contributed by atoms with Gasteiger partial charge in [-0.1, -0.05) is 31.2 Å². The van der Waals surface area contributed by atoms with Gasteiger partial charge in [-0.05, 0) is 49.1 Å². The van der Waals surface area contributed by atoms with Crippen molar-refractivity contribution < 1.29 is 18.7 Å². The first-order chi connectivity index (χ1) is 13.5. The highest BCUT2D eigenvalue weighted by atomic mass is 16.5. The number of benzene rings is 2. The lowest BCUT2D eigenvalue weighted by molar-refractivity contribution is -0.129. The summed E-state index contributed by atoms with van der Waals surface area (Å²) in [5, 5.41) is 0.906. The second kappa shape index (κ2) is 8.61. The van der Waals surface area contributed by atoms with Crippen LogP contribution in [0.5, 0.6) is 5.75 Å². The molecule has 28 heavy (non-hydrogen) atoms. The van der Waals surface area contributed by atoms with Crippen LogP contribution in [0, 0.1) is 13.8 Å². The number of aryl methyl sites for hydroxylation is 3. The molecule has 2 amide bonds. The highest BCUT2D eigenvalue weighted by molar-refractivity contribution is 5.90. The Bertz CT molecular complexity index is 990. The van der Waals surface area contributed by atoms with E-state index in [9.17, 15) is 9.59 Å². The Balaban J connectivity index is 1.48. The minimum atomic E-state index is -0.434. The van der Waals surface area contributed by atoms with Gasteiger partial charge in [-0.2, -0.15) is 0 Å². The van der Waals surface area contributed by atoms with Crippen molar-refractivity contribution in [2.24, 2.45) is 0 Å². The molecule has 0 aliphatic heterocycles.